The summed E-state index contributed by atoms with van der Waals surface area (Å²) in [6, 6.07) is 89.9. The van der Waals surface area contributed by atoms with Gasteiger partial charge < -0.3 is 9.47 Å². The summed E-state index contributed by atoms with van der Waals surface area (Å²) in [5.41, 5.74) is 18.7. The largest absolute Gasteiger partial charge is 0.309 e. The number of aromatic nitrogens is 1. The second kappa shape index (κ2) is 19.2. The maximum Gasteiger partial charge on any atom is 0.100 e. The summed E-state index contributed by atoms with van der Waals surface area (Å²) in [6.07, 6.45) is 6.37. The standard InChI is InChI=1S/C61H46N2S.C6H6/c1-4-19-58-52(5-2)55-40-46(44-21-17-20-43(38-44)45-22-18-29-50(39-45)62(49-27-13-8-14-28-49)60-37-32-42(3)64-60)33-36-59(55)63(58)51-34-35-57-54(41-51)53-30-15-16-31-56(53)61(57,47-23-9-6-10-24-47)48-25-11-7-12-26-48;1-2-4-6-5-3-1/h4-41H,2H2,1,3H3;1-6H/b19-4-;. The molecule has 0 radical (unpaired) electrons. The van der Waals surface area contributed by atoms with Gasteiger partial charge in [-0.1, -0.05) is 201 Å². The first-order valence-corrected chi connectivity index (χ1v) is 24.8. The smallest absolute Gasteiger partial charge is 0.100 e. The molecule has 11 aromatic rings. The molecule has 336 valence electrons. The van der Waals surface area contributed by atoms with E-state index in [0.717, 1.165) is 39.4 Å². The second-order valence-corrected chi connectivity index (χ2v) is 18.9. The van der Waals surface area contributed by atoms with Crippen LogP contribution in [-0.4, -0.2) is 4.57 Å². The van der Waals surface area contributed by atoms with E-state index < -0.39 is 5.41 Å². The van der Waals surface area contributed by atoms with Gasteiger partial charge in [0.25, 0.3) is 0 Å². The summed E-state index contributed by atoms with van der Waals surface area (Å²) in [5, 5.41) is 2.36. The number of hydrogen-bond donors (Lipinski definition) is 0. The Morgan fingerprint density at radius 2 is 1.04 bits per heavy atom. The molecule has 2 heterocycles. The normalized spacial score (nSPS) is 12.3. The lowest BCUT2D eigenvalue weighted by atomic mass is 9.68. The van der Waals surface area contributed by atoms with Gasteiger partial charge in [0.15, 0.2) is 0 Å². The van der Waals surface area contributed by atoms with Gasteiger partial charge in [-0.3, -0.25) is 0 Å². The van der Waals surface area contributed by atoms with Crippen LogP contribution in [0.3, 0.4) is 0 Å². The highest BCUT2D eigenvalue weighted by atomic mass is 32.1. The van der Waals surface area contributed by atoms with Crippen molar-refractivity contribution in [2.24, 2.45) is 0 Å². The molecule has 0 amide bonds. The first-order chi connectivity index (χ1) is 34.6. The third-order valence-electron chi connectivity index (χ3n) is 13.5. The van der Waals surface area contributed by atoms with Gasteiger partial charge in [-0.15, -0.1) is 11.3 Å². The first-order valence-electron chi connectivity index (χ1n) is 24.0. The number of fused-ring (bicyclic) bond motifs is 4. The number of anilines is 3. The lowest BCUT2D eigenvalue weighted by Gasteiger charge is -2.33. The van der Waals surface area contributed by atoms with Crippen LogP contribution < -0.4 is 4.90 Å². The Hall–Kier alpha value is -8.50. The average Bonchev–Trinajstić information content (AvgIpc) is 4.09. The minimum absolute atomic E-state index is 0.445. The summed E-state index contributed by atoms with van der Waals surface area (Å²) in [7, 11) is 0. The van der Waals surface area contributed by atoms with Crippen LogP contribution in [0.1, 0.15) is 45.3 Å². The summed E-state index contributed by atoms with van der Waals surface area (Å²) in [5.74, 6) is 0. The zero-order valence-electron chi connectivity index (χ0n) is 39.4. The predicted molar refractivity (Wildman–Crippen MR) is 300 cm³/mol. The Morgan fingerprint density at radius 1 is 0.486 bits per heavy atom. The molecule has 0 saturated carbocycles. The maximum absolute atomic E-state index is 4.38. The van der Waals surface area contributed by atoms with E-state index in [0.29, 0.717) is 0 Å². The van der Waals surface area contributed by atoms with Crippen LogP contribution in [0.25, 0.3) is 62.1 Å². The molecule has 3 heteroatoms. The molecule has 1 aliphatic rings. The fraction of sp³-hybridized carbons (Fsp3) is 0.0448. The van der Waals surface area contributed by atoms with Crippen LogP contribution in [0.2, 0.25) is 0 Å². The molecule has 0 fully saturated rings. The molecule has 0 spiro atoms. The molecule has 0 bridgehead atoms. The van der Waals surface area contributed by atoms with Crippen molar-refractivity contribution in [3.63, 3.8) is 0 Å². The third-order valence-corrected chi connectivity index (χ3v) is 14.5. The lowest BCUT2D eigenvalue weighted by Crippen LogP contribution is -2.28. The van der Waals surface area contributed by atoms with E-state index in [4.69, 9.17) is 0 Å². The van der Waals surface area contributed by atoms with E-state index in [1.54, 1.807) is 0 Å². The molecule has 0 N–H and O–H groups in total. The molecular formula is C67H52N2S. The highest BCUT2D eigenvalue weighted by Crippen LogP contribution is 2.56. The highest BCUT2D eigenvalue weighted by molar-refractivity contribution is 7.16. The van der Waals surface area contributed by atoms with Crippen molar-refractivity contribution in [3.05, 3.63) is 300 Å². The van der Waals surface area contributed by atoms with Gasteiger partial charge in [-0.25, -0.2) is 0 Å². The van der Waals surface area contributed by atoms with Crippen LogP contribution in [0.4, 0.5) is 16.4 Å². The summed E-state index contributed by atoms with van der Waals surface area (Å²) in [4.78, 5) is 3.64. The van der Waals surface area contributed by atoms with Crippen molar-refractivity contribution in [2.75, 3.05) is 4.90 Å². The van der Waals surface area contributed by atoms with Crippen molar-refractivity contribution in [2.45, 2.75) is 19.3 Å². The average molecular weight is 917 g/mol. The van der Waals surface area contributed by atoms with Crippen molar-refractivity contribution in [1.82, 2.24) is 4.57 Å². The minimum Gasteiger partial charge on any atom is -0.309 e. The number of hydrogen-bond acceptors (Lipinski definition) is 2. The topological polar surface area (TPSA) is 8.17 Å². The van der Waals surface area contributed by atoms with Gasteiger partial charge in [-0.2, -0.15) is 0 Å². The van der Waals surface area contributed by atoms with E-state index in [2.05, 4.69) is 254 Å². The lowest BCUT2D eigenvalue weighted by molar-refractivity contribution is 0.768. The Labute approximate surface area is 416 Å². The van der Waals surface area contributed by atoms with Gasteiger partial charge in [0.05, 0.1) is 16.6 Å². The predicted octanol–water partition coefficient (Wildman–Crippen LogP) is 18.5. The molecule has 0 saturated heterocycles. The Kier molecular flexibility index (Phi) is 12.1. The molecule has 0 atom stereocenters. The Balaban J connectivity index is 0.000000828. The van der Waals surface area contributed by atoms with E-state index >= 15 is 0 Å². The zero-order valence-corrected chi connectivity index (χ0v) is 40.2. The zero-order chi connectivity index (χ0) is 47.4. The number of nitrogens with zero attached hydrogens (tertiary/aromatic N) is 2. The summed E-state index contributed by atoms with van der Waals surface area (Å²) < 4.78 is 2.42. The Morgan fingerprint density at radius 3 is 1.67 bits per heavy atom. The molecule has 2 aromatic heterocycles. The molecule has 0 aliphatic heterocycles. The van der Waals surface area contributed by atoms with Crippen molar-refractivity contribution < 1.29 is 0 Å². The molecule has 2 nitrogen and oxygen atoms in total. The van der Waals surface area contributed by atoms with Crippen molar-refractivity contribution in [3.8, 4) is 39.1 Å². The van der Waals surface area contributed by atoms with Crippen LogP contribution in [0.5, 0.6) is 0 Å². The van der Waals surface area contributed by atoms with Gasteiger partial charge in [0, 0.05) is 32.9 Å². The molecule has 70 heavy (non-hydrogen) atoms. The number of para-hydroxylation sites is 1. The second-order valence-electron chi connectivity index (χ2n) is 17.7. The maximum atomic E-state index is 4.38. The third kappa shape index (κ3) is 7.90. The van der Waals surface area contributed by atoms with E-state index in [-0.39, 0.29) is 0 Å². The SMILES string of the molecule is C=Cc1c(/C=C\C)n(-c2ccc3c(c2)-c2ccccc2C3(c2ccccc2)c2ccccc2)c2ccc(-c3cccc(-c4cccc(N(c5ccccc5)c5ccc(C)s5)c4)c3)cc12.c1ccccc1. The number of benzene rings is 9. The summed E-state index contributed by atoms with van der Waals surface area (Å²) >= 11 is 1.81. The van der Waals surface area contributed by atoms with Crippen LogP contribution in [0.15, 0.2) is 261 Å². The molecule has 1 aliphatic carbocycles. The molecular weight excluding hydrogens is 865 g/mol. The molecule has 0 unspecified atom stereocenters. The van der Waals surface area contributed by atoms with Crippen molar-refractivity contribution in [1.29, 1.82) is 0 Å². The quantitative estimate of drug-likeness (QED) is 0.133. The van der Waals surface area contributed by atoms with Gasteiger partial charge in [0.2, 0.25) is 0 Å². The first kappa shape index (κ1) is 44.0. The van der Waals surface area contributed by atoms with E-state index in [1.165, 1.54) is 65.3 Å². The molecule has 12 rings (SSSR count). The number of aryl methyl sites for hydroxylation is 1. The van der Waals surface area contributed by atoms with Crippen molar-refractivity contribution >= 4 is 50.8 Å². The fourth-order valence-corrected chi connectivity index (χ4v) is 11.4. The number of allylic oxidation sites excluding steroid dienone is 1. The van der Waals surface area contributed by atoms with Crippen LogP contribution >= 0.6 is 11.3 Å². The highest BCUT2D eigenvalue weighted by Gasteiger charge is 2.46. The van der Waals surface area contributed by atoms with E-state index in [9.17, 15) is 0 Å². The molecule has 9 aromatic carbocycles. The number of thiophene rings is 1. The van der Waals surface area contributed by atoms with Gasteiger partial charge in [0.1, 0.15) is 5.00 Å². The monoisotopic (exact) mass is 916 g/mol. The van der Waals surface area contributed by atoms with Crippen LogP contribution in [0, 0.1) is 6.92 Å². The van der Waals surface area contributed by atoms with Crippen LogP contribution in [-0.2, 0) is 5.41 Å². The fourth-order valence-electron chi connectivity index (χ4n) is 10.5. The number of rotatable bonds is 10. The minimum atomic E-state index is -0.445. The van der Waals surface area contributed by atoms with E-state index in [1.807, 2.05) is 53.8 Å². The van der Waals surface area contributed by atoms with Gasteiger partial charge in [-0.05, 0) is 142 Å². The summed E-state index contributed by atoms with van der Waals surface area (Å²) in [6.45, 7) is 8.64. The Bertz CT molecular complexity index is 3570. The van der Waals surface area contributed by atoms with Gasteiger partial charge >= 0.3 is 0 Å².